The molecule has 1 rings (SSSR count). The van der Waals surface area contributed by atoms with Crippen LogP contribution in [0.3, 0.4) is 0 Å². The highest BCUT2D eigenvalue weighted by Gasteiger charge is 2.23. The van der Waals surface area contributed by atoms with E-state index in [1.54, 1.807) is 0 Å². The van der Waals surface area contributed by atoms with Crippen molar-refractivity contribution in [3.63, 3.8) is 0 Å². The fourth-order valence-corrected chi connectivity index (χ4v) is 2.96. The number of rotatable bonds is 9. The molecule has 0 aromatic rings. The third-order valence-corrected chi connectivity index (χ3v) is 4.07. The summed E-state index contributed by atoms with van der Waals surface area (Å²) in [4.78, 5) is 11.1. The minimum absolute atomic E-state index is 0.383. The molecule has 0 spiro atoms. The first-order chi connectivity index (χ1) is 7.88. The maximum absolute atomic E-state index is 11.1. The summed E-state index contributed by atoms with van der Waals surface area (Å²) in [6.45, 7) is 2.25. The van der Waals surface area contributed by atoms with Gasteiger partial charge in [0.2, 0.25) is 0 Å². The Morgan fingerprint density at radius 2 is 1.69 bits per heavy atom. The highest BCUT2D eigenvalue weighted by molar-refractivity contribution is 5.54. The van der Waals surface area contributed by atoms with E-state index in [4.69, 9.17) is 0 Å². The van der Waals surface area contributed by atoms with Crippen molar-refractivity contribution in [2.75, 3.05) is 0 Å². The summed E-state index contributed by atoms with van der Waals surface area (Å²) in [6, 6.07) is 0. The van der Waals surface area contributed by atoms with Crippen molar-refractivity contribution < 1.29 is 4.79 Å². The van der Waals surface area contributed by atoms with E-state index < -0.39 is 0 Å². The molecule has 0 N–H and O–H groups in total. The molecule has 0 amide bonds. The second kappa shape index (κ2) is 8.78. The molecule has 1 aliphatic carbocycles. The Bertz CT molecular complexity index is 170. The lowest BCUT2D eigenvalue weighted by molar-refractivity contribution is -0.112. The van der Waals surface area contributed by atoms with Crippen molar-refractivity contribution in [3.05, 3.63) is 0 Å². The van der Waals surface area contributed by atoms with E-state index in [2.05, 4.69) is 6.92 Å². The van der Waals surface area contributed by atoms with Crippen LogP contribution < -0.4 is 0 Å². The van der Waals surface area contributed by atoms with Crippen molar-refractivity contribution in [1.29, 1.82) is 0 Å². The summed E-state index contributed by atoms with van der Waals surface area (Å²) in [6.07, 6.45) is 15.7. The van der Waals surface area contributed by atoms with Gasteiger partial charge in [0.25, 0.3) is 0 Å². The molecular formula is C15H28O. The van der Waals surface area contributed by atoms with E-state index in [-0.39, 0.29) is 0 Å². The highest BCUT2D eigenvalue weighted by atomic mass is 16.1. The zero-order valence-electron chi connectivity index (χ0n) is 10.9. The summed E-state index contributed by atoms with van der Waals surface area (Å²) < 4.78 is 0. The second-order valence-electron chi connectivity index (χ2n) is 5.40. The molecule has 1 unspecified atom stereocenters. The number of hydrogen-bond acceptors (Lipinski definition) is 1. The quantitative estimate of drug-likeness (QED) is 0.408. The lowest BCUT2D eigenvalue weighted by Crippen LogP contribution is -2.13. The van der Waals surface area contributed by atoms with Gasteiger partial charge in [-0.25, -0.2) is 0 Å². The summed E-state index contributed by atoms with van der Waals surface area (Å²) in [5, 5.41) is 0. The first kappa shape index (κ1) is 13.7. The fraction of sp³-hybridized carbons (Fsp3) is 0.933. The van der Waals surface area contributed by atoms with Gasteiger partial charge in [0.1, 0.15) is 6.29 Å². The number of carbonyl (C=O) groups excluding carboxylic acids is 1. The van der Waals surface area contributed by atoms with E-state index >= 15 is 0 Å². The summed E-state index contributed by atoms with van der Waals surface area (Å²) in [5.41, 5.74) is 0. The first-order valence-electron chi connectivity index (χ1n) is 7.33. The highest BCUT2D eigenvalue weighted by Crippen LogP contribution is 2.33. The van der Waals surface area contributed by atoms with Crippen molar-refractivity contribution in [1.82, 2.24) is 0 Å². The number of hydrogen-bond donors (Lipinski definition) is 0. The minimum Gasteiger partial charge on any atom is -0.303 e. The monoisotopic (exact) mass is 224 g/mol. The van der Waals surface area contributed by atoms with Crippen LogP contribution >= 0.6 is 0 Å². The third kappa shape index (κ3) is 5.14. The van der Waals surface area contributed by atoms with Crippen LogP contribution in [0.15, 0.2) is 0 Å². The molecule has 1 fully saturated rings. The maximum atomic E-state index is 11.1. The van der Waals surface area contributed by atoms with E-state index in [0.29, 0.717) is 5.92 Å². The van der Waals surface area contributed by atoms with Gasteiger partial charge in [0.05, 0.1) is 0 Å². The van der Waals surface area contributed by atoms with Gasteiger partial charge < -0.3 is 4.79 Å². The maximum Gasteiger partial charge on any atom is 0.123 e. The molecule has 1 nitrogen and oxygen atoms in total. The predicted molar refractivity (Wildman–Crippen MR) is 69.5 cm³/mol. The number of unbranched alkanes of at least 4 members (excludes halogenated alkanes) is 5. The molecule has 0 aliphatic heterocycles. The van der Waals surface area contributed by atoms with Crippen molar-refractivity contribution in [2.45, 2.75) is 77.6 Å². The van der Waals surface area contributed by atoms with Crippen LogP contribution in [0.4, 0.5) is 0 Å². The lowest BCUT2D eigenvalue weighted by Gasteiger charge is -2.17. The van der Waals surface area contributed by atoms with Crippen LogP contribution in [-0.2, 0) is 4.79 Å². The largest absolute Gasteiger partial charge is 0.303 e. The zero-order valence-corrected chi connectivity index (χ0v) is 10.9. The average Bonchev–Trinajstić information content (AvgIpc) is 2.82. The molecule has 16 heavy (non-hydrogen) atoms. The van der Waals surface area contributed by atoms with Crippen LogP contribution in [0.5, 0.6) is 0 Å². The summed E-state index contributed by atoms with van der Waals surface area (Å²) in [7, 11) is 0. The van der Waals surface area contributed by atoms with Gasteiger partial charge in [0, 0.05) is 5.92 Å². The molecule has 0 saturated heterocycles. The topological polar surface area (TPSA) is 17.1 Å². The SMILES string of the molecule is CCCCCCCCC(C=O)C1CCCC1. The molecule has 1 atom stereocenters. The minimum atomic E-state index is 0.383. The Morgan fingerprint density at radius 1 is 1.06 bits per heavy atom. The molecule has 1 aliphatic rings. The second-order valence-corrected chi connectivity index (χ2v) is 5.40. The van der Waals surface area contributed by atoms with Crippen LogP contribution in [0.1, 0.15) is 77.6 Å². The molecule has 1 heteroatoms. The van der Waals surface area contributed by atoms with Gasteiger partial charge in [-0.05, 0) is 25.2 Å². The zero-order chi connectivity index (χ0) is 11.6. The molecule has 0 radical (unpaired) electrons. The van der Waals surface area contributed by atoms with Crippen molar-refractivity contribution in [2.24, 2.45) is 11.8 Å². The van der Waals surface area contributed by atoms with E-state index in [1.807, 2.05) is 0 Å². The fourth-order valence-electron chi connectivity index (χ4n) is 2.96. The molecule has 94 valence electrons. The Balaban J connectivity index is 2.02. The van der Waals surface area contributed by atoms with Gasteiger partial charge >= 0.3 is 0 Å². The van der Waals surface area contributed by atoms with Crippen LogP contribution in [0, 0.1) is 11.8 Å². The van der Waals surface area contributed by atoms with Gasteiger partial charge in [0.15, 0.2) is 0 Å². The molecule has 0 heterocycles. The van der Waals surface area contributed by atoms with E-state index in [1.165, 1.54) is 70.5 Å². The molecule has 0 aromatic carbocycles. The molecule has 0 bridgehead atoms. The van der Waals surface area contributed by atoms with Crippen molar-refractivity contribution >= 4 is 6.29 Å². The Morgan fingerprint density at radius 3 is 2.31 bits per heavy atom. The first-order valence-corrected chi connectivity index (χ1v) is 7.33. The van der Waals surface area contributed by atoms with Gasteiger partial charge in [-0.2, -0.15) is 0 Å². The molecule has 0 aromatic heterocycles. The molecular weight excluding hydrogens is 196 g/mol. The normalized spacial score (nSPS) is 18.8. The number of carbonyl (C=O) groups is 1. The Labute approximate surface area is 101 Å². The van der Waals surface area contributed by atoms with Gasteiger partial charge in [-0.1, -0.05) is 58.3 Å². The lowest BCUT2D eigenvalue weighted by atomic mass is 9.87. The summed E-state index contributed by atoms with van der Waals surface area (Å²) in [5.74, 6) is 1.11. The predicted octanol–water partition coefficient (Wildman–Crippen LogP) is 4.74. The van der Waals surface area contributed by atoms with Crippen LogP contribution in [-0.4, -0.2) is 6.29 Å². The van der Waals surface area contributed by atoms with Crippen LogP contribution in [0.25, 0.3) is 0 Å². The van der Waals surface area contributed by atoms with Gasteiger partial charge in [-0.15, -0.1) is 0 Å². The smallest absolute Gasteiger partial charge is 0.123 e. The van der Waals surface area contributed by atoms with Crippen LogP contribution in [0.2, 0.25) is 0 Å². The standard InChI is InChI=1S/C15H28O/c1-2-3-4-5-6-7-12-15(13-16)14-10-8-9-11-14/h13-15H,2-12H2,1H3. The van der Waals surface area contributed by atoms with Gasteiger partial charge in [-0.3, -0.25) is 0 Å². The van der Waals surface area contributed by atoms with Crippen molar-refractivity contribution in [3.8, 4) is 0 Å². The molecule has 1 saturated carbocycles. The van der Waals surface area contributed by atoms with E-state index in [9.17, 15) is 4.79 Å². The number of aldehydes is 1. The average molecular weight is 224 g/mol. The Hall–Kier alpha value is -0.330. The van der Waals surface area contributed by atoms with E-state index in [0.717, 1.165) is 12.3 Å². The Kier molecular flexibility index (Phi) is 7.54. The third-order valence-electron chi connectivity index (χ3n) is 4.07. The summed E-state index contributed by atoms with van der Waals surface area (Å²) >= 11 is 0.